The highest BCUT2D eigenvalue weighted by molar-refractivity contribution is 5.76. The van der Waals surface area contributed by atoms with Crippen molar-refractivity contribution < 1.29 is 15.0 Å². The van der Waals surface area contributed by atoms with Crippen LogP contribution in [-0.2, 0) is 4.79 Å². The normalized spacial score (nSPS) is 12.9. The van der Waals surface area contributed by atoms with Crippen molar-refractivity contribution in [1.29, 1.82) is 0 Å². The average Bonchev–Trinajstić information content (AvgIpc) is 3.40. The zero-order valence-corrected chi connectivity index (χ0v) is 50.6. The molecule has 0 rings (SSSR count). The Morgan fingerprint density at radius 1 is 0.324 bits per heavy atom. The lowest BCUT2D eigenvalue weighted by Gasteiger charge is -2.22. The number of aliphatic hydroxyl groups is 2. The number of amides is 1. The number of allylic oxidation sites excluding steroid dienone is 6. The van der Waals surface area contributed by atoms with Gasteiger partial charge >= 0.3 is 0 Å². The van der Waals surface area contributed by atoms with E-state index < -0.39 is 12.1 Å². The van der Waals surface area contributed by atoms with Gasteiger partial charge in [0, 0.05) is 6.42 Å². The summed E-state index contributed by atoms with van der Waals surface area (Å²) in [5.74, 6) is -0.0232. The van der Waals surface area contributed by atoms with Crippen molar-refractivity contribution in [2.45, 2.75) is 398 Å². The van der Waals surface area contributed by atoms with Crippen LogP contribution in [0, 0.1) is 0 Å². The van der Waals surface area contributed by atoms with E-state index in [0.717, 1.165) is 38.5 Å². The predicted molar refractivity (Wildman–Crippen MR) is 332 cm³/mol. The summed E-state index contributed by atoms with van der Waals surface area (Å²) in [6.07, 6.45) is 90.5. The van der Waals surface area contributed by atoms with Gasteiger partial charge in [-0.15, -0.1) is 0 Å². The SMILES string of the molecule is CCCCCCC/C=C\C/C=C\C/C=C\CCCCCCCCCCCCCCCCCCCCCCC(=O)NC(CO)C(O)CCCCCCCCCCCCCCCCCCCCCCCCCCCCC. The Hall–Kier alpha value is -1.39. The first kappa shape index (κ1) is 72.6. The molecular weight excluding hydrogens is 903 g/mol. The quantitative estimate of drug-likeness (QED) is 0.0420. The van der Waals surface area contributed by atoms with Crippen LogP contribution in [0.5, 0.6) is 0 Å². The van der Waals surface area contributed by atoms with Gasteiger partial charge in [0.15, 0.2) is 0 Å². The minimum atomic E-state index is -0.660. The van der Waals surface area contributed by atoms with Gasteiger partial charge in [0.05, 0.1) is 18.8 Å². The van der Waals surface area contributed by atoms with Crippen molar-refractivity contribution in [2.24, 2.45) is 0 Å². The molecule has 0 bridgehead atoms. The van der Waals surface area contributed by atoms with E-state index in [9.17, 15) is 15.0 Å². The van der Waals surface area contributed by atoms with Crippen molar-refractivity contribution in [1.82, 2.24) is 5.32 Å². The Balaban J connectivity index is 3.40. The molecule has 0 aliphatic carbocycles. The number of carbonyl (C=O) groups excluding carboxylic acids is 1. The van der Waals surface area contributed by atoms with Gasteiger partial charge in [0.1, 0.15) is 0 Å². The van der Waals surface area contributed by atoms with Crippen molar-refractivity contribution in [3.05, 3.63) is 36.5 Å². The van der Waals surface area contributed by atoms with Crippen LogP contribution >= 0.6 is 0 Å². The zero-order valence-electron chi connectivity index (χ0n) is 50.6. The number of rotatable bonds is 64. The standard InChI is InChI=1S/C70H135NO3/c1-3-5-7-9-11-13-15-17-19-21-23-25-27-29-31-32-33-34-35-36-37-38-40-42-44-46-48-50-52-54-56-58-60-62-64-66-70(74)71-68(67-72)69(73)65-63-61-59-57-55-53-51-49-47-45-43-41-39-30-28-26-24-22-20-18-16-14-12-10-8-6-4-2/h15,17,21,23,27,29,68-69,72-73H,3-14,16,18-20,22,24-26,28,30-67H2,1-2H3,(H,71,74)/b17-15-,23-21-,29-27-. The number of nitrogens with one attached hydrogen (secondary N) is 1. The van der Waals surface area contributed by atoms with Crippen molar-refractivity contribution in [3.8, 4) is 0 Å². The van der Waals surface area contributed by atoms with Gasteiger partial charge in [-0.25, -0.2) is 0 Å². The number of hydrogen-bond acceptors (Lipinski definition) is 3. The fourth-order valence-electron chi connectivity index (χ4n) is 11.0. The molecule has 0 saturated heterocycles. The number of unbranched alkanes of at least 4 members (excludes halogenated alkanes) is 51. The second-order valence-corrected chi connectivity index (χ2v) is 23.6. The van der Waals surface area contributed by atoms with E-state index in [1.807, 2.05) is 0 Å². The van der Waals surface area contributed by atoms with E-state index in [-0.39, 0.29) is 12.5 Å². The van der Waals surface area contributed by atoms with Crippen LogP contribution in [0.1, 0.15) is 386 Å². The molecule has 2 unspecified atom stereocenters. The average molecular weight is 1040 g/mol. The summed E-state index contributed by atoms with van der Waals surface area (Å²) in [6, 6.07) is -0.536. The number of hydrogen-bond donors (Lipinski definition) is 3. The zero-order chi connectivity index (χ0) is 53.4. The molecule has 0 aliphatic heterocycles. The molecule has 74 heavy (non-hydrogen) atoms. The molecule has 1 amide bonds. The first-order valence-corrected chi connectivity index (χ1v) is 34.2. The smallest absolute Gasteiger partial charge is 0.220 e. The van der Waals surface area contributed by atoms with E-state index in [1.54, 1.807) is 0 Å². The summed E-state index contributed by atoms with van der Waals surface area (Å²) in [4.78, 5) is 12.6. The molecular formula is C70H135NO3. The monoisotopic (exact) mass is 1040 g/mol. The summed E-state index contributed by atoms with van der Waals surface area (Å²) in [5, 5.41) is 23.5. The van der Waals surface area contributed by atoms with Gasteiger partial charge < -0.3 is 15.5 Å². The molecule has 0 aromatic rings. The molecule has 3 N–H and O–H groups in total. The third-order valence-electron chi connectivity index (χ3n) is 16.2. The minimum Gasteiger partial charge on any atom is -0.394 e. The first-order chi connectivity index (χ1) is 36.7. The maximum atomic E-state index is 12.6. The summed E-state index contributed by atoms with van der Waals surface area (Å²) in [6.45, 7) is 4.39. The maximum absolute atomic E-state index is 12.6. The topological polar surface area (TPSA) is 69.6 Å². The fraction of sp³-hybridized carbons (Fsp3) is 0.900. The molecule has 2 atom stereocenters. The molecule has 0 heterocycles. The van der Waals surface area contributed by atoms with Crippen LogP contribution in [0.15, 0.2) is 36.5 Å². The van der Waals surface area contributed by atoms with Crippen LogP contribution < -0.4 is 5.32 Å². The van der Waals surface area contributed by atoms with Crippen LogP contribution in [-0.4, -0.2) is 34.9 Å². The molecule has 4 heteroatoms. The van der Waals surface area contributed by atoms with E-state index in [4.69, 9.17) is 0 Å². The van der Waals surface area contributed by atoms with Gasteiger partial charge in [0.25, 0.3) is 0 Å². The predicted octanol–water partition coefficient (Wildman–Crippen LogP) is 23.2. The lowest BCUT2D eigenvalue weighted by atomic mass is 10.0. The van der Waals surface area contributed by atoms with Crippen LogP contribution in [0.2, 0.25) is 0 Å². The second kappa shape index (κ2) is 65.9. The highest BCUT2D eigenvalue weighted by atomic mass is 16.3. The molecule has 0 aromatic heterocycles. The number of carbonyl (C=O) groups is 1. The highest BCUT2D eigenvalue weighted by Gasteiger charge is 2.20. The van der Waals surface area contributed by atoms with Crippen LogP contribution in [0.3, 0.4) is 0 Å². The number of aliphatic hydroxyl groups excluding tert-OH is 2. The third-order valence-corrected chi connectivity index (χ3v) is 16.2. The Kier molecular flexibility index (Phi) is 64.7. The lowest BCUT2D eigenvalue weighted by molar-refractivity contribution is -0.123. The summed E-state index contributed by atoms with van der Waals surface area (Å²) in [5.41, 5.74) is 0. The Morgan fingerprint density at radius 3 is 0.824 bits per heavy atom. The molecule has 0 aliphatic rings. The third kappa shape index (κ3) is 61.5. The van der Waals surface area contributed by atoms with Gasteiger partial charge in [-0.3, -0.25) is 4.79 Å². The Morgan fingerprint density at radius 2 is 0.554 bits per heavy atom. The van der Waals surface area contributed by atoms with Crippen LogP contribution in [0.4, 0.5) is 0 Å². The molecule has 0 fully saturated rings. The van der Waals surface area contributed by atoms with E-state index in [2.05, 4.69) is 55.6 Å². The van der Waals surface area contributed by atoms with Crippen LogP contribution in [0.25, 0.3) is 0 Å². The Labute approximate surface area is 465 Å². The van der Waals surface area contributed by atoms with E-state index in [1.165, 1.54) is 321 Å². The molecule has 0 spiro atoms. The summed E-state index contributed by atoms with van der Waals surface area (Å²) in [7, 11) is 0. The highest BCUT2D eigenvalue weighted by Crippen LogP contribution is 2.19. The first-order valence-electron chi connectivity index (χ1n) is 34.2. The van der Waals surface area contributed by atoms with Crippen molar-refractivity contribution >= 4 is 5.91 Å². The van der Waals surface area contributed by atoms with Crippen molar-refractivity contribution in [2.75, 3.05) is 6.61 Å². The van der Waals surface area contributed by atoms with E-state index in [0.29, 0.717) is 12.8 Å². The molecule has 0 radical (unpaired) electrons. The fourth-order valence-corrected chi connectivity index (χ4v) is 11.0. The van der Waals surface area contributed by atoms with Crippen molar-refractivity contribution in [3.63, 3.8) is 0 Å². The van der Waals surface area contributed by atoms with Gasteiger partial charge in [-0.2, -0.15) is 0 Å². The largest absolute Gasteiger partial charge is 0.394 e. The van der Waals surface area contributed by atoms with E-state index >= 15 is 0 Å². The maximum Gasteiger partial charge on any atom is 0.220 e. The minimum absolute atomic E-state index is 0.0232. The molecule has 438 valence electrons. The summed E-state index contributed by atoms with van der Waals surface area (Å²) >= 11 is 0. The Bertz CT molecular complexity index is 1130. The van der Waals surface area contributed by atoms with Gasteiger partial charge in [-0.05, 0) is 51.4 Å². The summed E-state index contributed by atoms with van der Waals surface area (Å²) < 4.78 is 0. The van der Waals surface area contributed by atoms with Gasteiger partial charge in [-0.1, -0.05) is 365 Å². The molecule has 4 nitrogen and oxygen atoms in total. The van der Waals surface area contributed by atoms with Gasteiger partial charge in [0.2, 0.25) is 5.91 Å². The molecule has 0 saturated carbocycles. The molecule has 0 aromatic carbocycles. The second-order valence-electron chi connectivity index (χ2n) is 23.6. The lowest BCUT2D eigenvalue weighted by Crippen LogP contribution is -2.45.